The van der Waals surface area contributed by atoms with Crippen LogP contribution < -0.4 is 11.1 Å². The fourth-order valence-corrected chi connectivity index (χ4v) is 2.83. The molecule has 8 nitrogen and oxygen atoms in total. The summed E-state index contributed by atoms with van der Waals surface area (Å²) < 4.78 is 5.20. The molecule has 0 bridgehead atoms. The number of carbonyl (C=O) groups excluding carboxylic acids is 1. The number of carbonyl (C=O) groups is 1. The molecule has 24 heavy (non-hydrogen) atoms. The highest BCUT2D eigenvalue weighted by atomic mass is 16.5. The first-order valence-corrected chi connectivity index (χ1v) is 8.14. The van der Waals surface area contributed by atoms with Crippen LogP contribution in [0.15, 0.2) is 22.9 Å². The standard InChI is InChI=1S/C16H22N6O2/c1-10(2)13-8-14(21-24-13)20-16(23)22-7-3-4-11(9-22)12-5-6-18-15(17)19-12/h5-6,8,10-11H,3-4,7,9H2,1-2H3,(H2,17,18,19)(H,20,21,23). The summed E-state index contributed by atoms with van der Waals surface area (Å²) in [7, 11) is 0. The molecule has 3 rings (SSSR count). The number of aromatic nitrogens is 3. The van der Waals surface area contributed by atoms with Gasteiger partial charge in [0.2, 0.25) is 5.95 Å². The minimum Gasteiger partial charge on any atom is -0.368 e. The predicted molar refractivity (Wildman–Crippen MR) is 89.6 cm³/mol. The van der Waals surface area contributed by atoms with E-state index in [2.05, 4.69) is 20.4 Å². The number of rotatable bonds is 3. The minimum atomic E-state index is -0.176. The van der Waals surface area contributed by atoms with E-state index < -0.39 is 0 Å². The van der Waals surface area contributed by atoms with Crippen LogP contribution in [0.4, 0.5) is 16.6 Å². The molecule has 3 N–H and O–H groups in total. The minimum absolute atomic E-state index is 0.165. The molecule has 1 aliphatic heterocycles. The largest absolute Gasteiger partial charge is 0.368 e. The van der Waals surface area contributed by atoms with E-state index in [0.29, 0.717) is 18.9 Å². The number of hydrogen-bond acceptors (Lipinski definition) is 6. The summed E-state index contributed by atoms with van der Waals surface area (Å²) in [5.41, 5.74) is 6.53. The summed E-state index contributed by atoms with van der Waals surface area (Å²) in [6, 6.07) is 3.44. The van der Waals surface area contributed by atoms with Gasteiger partial charge in [-0.2, -0.15) is 0 Å². The molecule has 1 fully saturated rings. The lowest BCUT2D eigenvalue weighted by molar-refractivity contribution is 0.192. The summed E-state index contributed by atoms with van der Waals surface area (Å²) in [5.74, 6) is 1.84. The van der Waals surface area contributed by atoms with Crippen LogP contribution >= 0.6 is 0 Å². The Morgan fingerprint density at radius 3 is 3.04 bits per heavy atom. The average Bonchev–Trinajstić information content (AvgIpc) is 3.04. The fourth-order valence-electron chi connectivity index (χ4n) is 2.83. The molecule has 1 aliphatic rings. The van der Waals surface area contributed by atoms with Crippen LogP contribution in [-0.2, 0) is 0 Å². The zero-order valence-electron chi connectivity index (χ0n) is 13.9. The number of nitrogens with one attached hydrogen (secondary N) is 1. The van der Waals surface area contributed by atoms with Gasteiger partial charge in [0.15, 0.2) is 5.82 Å². The van der Waals surface area contributed by atoms with E-state index >= 15 is 0 Å². The summed E-state index contributed by atoms with van der Waals surface area (Å²) in [5, 5.41) is 6.69. The van der Waals surface area contributed by atoms with Crippen LogP contribution in [0.1, 0.15) is 50.0 Å². The molecule has 1 saturated heterocycles. The molecule has 0 spiro atoms. The van der Waals surface area contributed by atoms with Crippen molar-refractivity contribution in [1.82, 2.24) is 20.0 Å². The summed E-state index contributed by atoms with van der Waals surface area (Å²) in [4.78, 5) is 22.4. The van der Waals surface area contributed by atoms with Crippen molar-refractivity contribution in [3.05, 3.63) is 29.8 Å². The Bertz CT molecular complexity index is 714. The van der Waals surface area contributed by atoms with Crippen LogP contribution in [-0.4, -0.2) is 39.1 Å². The third kappa shape index (κ3) is 3.64. The van der Waals surface area contributed by atoms with Gasteiger partial charge in [-0.3, -0.25) is 5.32 Å². The number of nitrogens with zero attached hydrogens (tertiary/aromatic N) is 4. The third-order valence-electron chi connectivity index (χ3n) is 4.16. The monoisotopic (exact) mass is 330 g/mol. The van der Waals surface area contributed by atoms with Crippen LogP contribution in [0.3, 0.4) is 0 Å². The number of amides is 2. The number of urea groups is 1. The Morgan fingerprint density at radius 1 is 1.50 bits per heavy atom. The predicted octanol–water partition coefficient (Wildman–Crippen LogP) is 2.58. The van der Waals surface area contributed by atoms with E-state index in [1.807, 2.05) is 19.9 Å². The summed E-state index contributed by atoms with van der Waals surface area (Å²) >= 11 is 0. The van der Waals surface area contributed by atoms with Crippen LogP contribution in [0.25, 0.3) is 0 Å². The molecule has 0 saturated carbocycles. The molecule has 128 valence electrons. The van der Waals surface area contributed by atoms with Crippen LogP contribution in [0.2, 0.25) is 0 Å². The molecule has 3 heterocycles. The van der Waals surface area contributed by atoms with Gasteiger partial charge in [-0.05, 0) is 18.9 Å². The number of hydrogen-bond donors (Lipinski definition) is 2. The lowest BCUT2D eigenvalue weighted by Crippen LogP contribution is -2.41. The molecule has 1 atom stereocenters. The van der Waals surface area contributed by atoms with Gasteiger partial charge in [-0.1, -0.05) is 19.0 Å². The first-order chi connectivity index (χ1) is 11.5. The van der Waals surface area contributed by atoms with E-state index in [1.54, 1.807) is 17.2 Å². The van der Waals surface area contributed by atoms with Crippen molar-refractivity contribution < 1.29 is 9.32 Å². The Balaban J connectivity index is 1.64. The van der Waals surface area contributed by atoms with Gasteiger partial charge in [0.25, 0.3) is 0 Å². The number of nitrogen functional groups attached to an aromatic ring is 1. The quantitative estimate of drug-likeness (QED) is 0.895. The highest BCUT2D eigenvalue weighted by molar-refractivity contribution is 5.88. The Labute approximate surface area is 140 Å². The molecule has 0 radical (unpaired) electrons. The van der Waals surface area contributed by atoms with Crippen molar-refractivity contribution in [1.29, 1.82) is 0 Å². The molecular formula is C16H22N6O2. The molecule has 0 aliphatic carbocycles. The van der Waals surface area contributed by atoms with Crippen molar-refractivity contribution in [2.24, 2.45) is 0 Å². The molecule has 2 aromatic heterocycles. The number of nitrogens with two attached hydrogens (primary N) is 1. The van der Waals surface area contributed by atoms with E-state index in [1.165, 1.54) is 0 Å². The van der Waals surface area contributed by atoms with Crippen molar-refractivity contribution in [3.63, 3.8) is 0 Å². The first-order valence-electron chi connectivity index (χ1n) is 8.14. The molecule has 8 heteroatoms. The normalized spacial score (nSPS) is 18.0. The van der Waals surface area contributed by atoms with Crippen molar-refractivity contribution in [3.8, 4) is 0 Å². The second-order valence-corrected chi connectivity index (χ2v) is 6.32. The average molecular weight is 330 g/mol. The summed E-state index contributed by atoms with van der Waals surface area (Å²) in [6.07, 6.45) is 3.54. The molecule has 1 unspecified atom stereocenters. The van der Waals surface area contributed by atoms with Gasteiger partial charge in [-0.15, -0.1) is 0 Å². The van der Waals surface area contributed by atoms with Gasteiger partial charge in [0.1, 0.15) is 5.76 Å². The Hall–Kier alpha value is -2.64. The molecule has 0 aromatic carbocycles. The Kier molecular flexibility index (Phi) is 4.64. The smallest absolute Gasteiger partial charge is 0.323 e. The molecular weight excluding hydrogens is 308 g/mol. The maximum Gasteiger partial charge on any atom is 0.323 e. The zero-order chi connectivity index (χ0) is 17.1. The van der Waals surface area contributed by atoms with E-state index in [-0.39, 0.29) is 23.8 Å². The van der Waals surface area contributed by atoms with Gasteiger partial charge in [-0.25, -0.2) is 14.8 Å². The highest BCUT2D eigenvalue weighted by Crippen LogP contribution is 2.26. The number of likely N-dealkylation sites (tertiary alicyclic amines) is 1. The second-order valence-electron chi connectivity index (χ2n) is 6.32. The maximum absolute atomic E-state index is 12.5. The van der Waals surface area contributed by atoms with E-state index in [9.17, 15) is 4.79 Å². The highest BCUT2D eigenvalue weighted by Gasteiger charge is 2.26. The van der Waals surface area contributed by atoms with Crippen molar-refractivity contribution >= 4 is 17.8 Å². The van der Waals surface area contributed by atoms with Crippen LogP contribution in [0, 0.1) is 0 Å². The van der Waals surface area contributed by atoms with Crippen LogP contribution in [0.5, 0.6) is 0 Å². The number of piperidine rings is 1. The fraction of sp³-hybridized carbons (Fsp3) is 0.500. The van der Waals surface area contributed by atoms with Gasteiger partial charge < -0.3 is 15.2 Å². The number of anilines is 2. The SMILES string of the molecule is CC(C)c1cc(NC(=O)N2CCCC(c3ccnc(N)n3)C2)no1. The van der Waals surface area contributed by atoms with Gasteiger partial charge >= 0.3 is 6.03 Å². The molecule has 2 aromatic rings. The molecule has 2 amide bonds. The zero-order valence-corrected chi connectivity index (χ0v) is 13.9. The van der Waals surface area contributed by atoms with E-state index in [0.717, 1.165) is 24.3 Å². The lowest BCUT2D eigenvalue weighted by Gasteiger charge is -2.32. The second kappa shape index (κ2) is 6.86. The van der Waals surface area contributed by atoms with E-state index in [4.69, 9.17) is 10.3 Å². The summed E-state index contributed by atoms with van der Waals surface area (Å²) in [6.45, 7) is 5.32. The van der Waals surface area contributed by atoms with Crippen molar-refractivity contribution in [2.45, 2.75) is 38.5 Å². The third-order valence-corrected chi connectivity index (χ3v) is 4.16. The van der Waals surface area contributed by atoms with Gasteiger partial charge in [0, 0.05) is 37.2 Å². The van der Waals surface area contributed by atoms with Crippen molar-refractivity contribution in [2.75, 3.05) is 24.1 Å². The maximum atomic E-state index is 12.5. The first kappa shape index (κ1) is 16.2. The lowest BCUT2D eigenvalue weighted by atomic mass is 9.95. The van der Waals surface area contributed by atoms with Gasteiger partial charge in [0.05, 0.1) is 5.69 Å². The topological polar surface area (TPSA) is 110 Å². The Morgan fingerprint density at radius 2 is 2.33 bits per heavy atom.